The molecule has 0 unspecified atom stereocenters. The third-order valence-electron chi connectivity index (χ3n) is 16.7. The molecule has 0 N–H and O–H groups in total. The van der Waals surface area contributed by atoms with Crippen LogP contribution in [0.3, 0.4) is 0 Å². The molecule has 0 spiro atoms. The number of nitrogens with zero attached hydrogens (tertiary/aromatic N) is 2. The summed E-state index contributed by atoms with van der Waals surface area (Å²) in [5.41, 5.74) is 25.0. The predicted molar refractivity (Wildman–Crippen MR) is 327 cm³/mol. The Balaban J connectivity index is 0.900. The van der Waals surface area contributed by atoms with Crippen molar-refractivity contribution in [2.75, 3.05) is 4.90 Å². The lowest BCUT2D eigenvalue weighted by atomic mass is 9.81. The second-order valence-electron chi connectivity index (χ2n) is 21.4. The van der Waals surface area contributed by atoms with Gasteiger partial charge in [0.1, 0.15) is 0 Å². The van der Waals surface area contributed by atoms with Crippen molar-refractivity contribution in [3.8, 4) is 55.6 Å². The molecule has 0 amide bonds. The smallest absolute Gasteiger partial charge is 0.0641 e. The number of hydrogen-bond donors (Lipinski definition) is 0. The number of benzene rings is 12. The first-order valence-corrected chi connectivity index (χ1v) is 26.7. The molecule has 0 fully saturated rings. The van der Waals surface area contributed by atoms with Crippen molar-refractivity contribution in [1.82, 2.24) is 4.40 Å². The zero-order valence-corrected chi connectivity index (χ0v) is 43.0. The number of anilines is 3. The van der Waals surface area contributed by atoms with Crippen molar-refractivity contribution >= 4 is 71.5 Å². The van der Waals surface area contributed by atoms with Crippen LogP contribution in [-0.2, 0) is 5.41 Å². The van der Waals surface area contributed by atoms with Gasteiger partial charge in [0.05, 0.1) is 22.2 Å². The Hall–Kier alpha value is -9.76. The van der Waals surface area contributed by atoms with Crippen LogP contribution in [0.2, 0.25) is 0 Å². The van der Waals surface area contributed by atoms with Crippen molar-refractivity contribution in [3.05, 3.63) is 296 Å². The normalized spacial score (nSPS) is 12.7. The second kappa shape index (κ2) is 17.4. The standard InChI is InChI=1S/C75H52N2/c1-48(49-24-26-54(27-25-49)50-16-8-4-9-17-50)57-32-38-63-65-43-59-44-66-64-39-41-71(76(61-34-28-55(29-35-61)51-18-10-5-11-19-51)62-36-30-56(31-37-62)52-20-12-6-13-21-52)73-67-42-58(53-22-14-7-15-23-53)33-40-70(67)77(74(64)73)72(66)47-60(59)46-69(65)75(2,3)68(63)45-57/h4-47H,1H2,2-3H3. The third-order valence-corrected chi connectivity index (χ3v) is 16.7. The highest BCUT2D eigenvalue weighted by atomic mass is 15.1. The summed E-state index contributed by atoms with van der Waals surface area (Å²) in [6.45, 7) is 9.42. The molecule has 0 saturated heterocycles. The first-order valence-electron chi connectivity index (χ1n) is 26.7. The van der Waals surface area contributed by atoms with Crippen LogP contribution in [-0.4, -0.2) is 4.40 Å². The van der Waals surface area contributed by atoms with Crippen molar-refractivity contribution in [2.24, 2.45) is 0 Å². The molecule has 77 heavy (non-hydrogen) atoms. The lowest BCUT2D eigenvalue weighted by Crippen LogP contribution is -2.15. The third kappa shape index (κ3) is 7.17. The zero-order chi connectivity index (χ0) is 51.4. The minimum Gasteiger partial charge on any atom is -0.310 e. The first-order chi connectivity index (χ1) is 37.8. The van der Waals surface area contributed by atoms with E-state index >= 15 is 0 Å². The van der Waals surface area contributed by atoms with Gasteiger partial charge in [-0.15, -0.1) is 0 Å². The molecule has 0 atom stereocenters. The summed E-state index contributed by atoms with van der Waals surface area (Å²) >= 11 is 0. The van der Waals surface area contributed by atoms with Crippen LogP contribution in [0.25, 0.3) is 110 Å². The molecular weight excluding hydrogens is 929 g/mol. The molecule has 14 aromatic rings. The molecule has 12 aromatic carbocycles. The number of hydrogen-bond acceptors (Lipinski definition) is 1. The van der Waals surface area contributed by atoms with E-state index < -0.39 is 0 Å². The fourth-order valence-corrected chi connectivity index (χ4v) is 12.7. The molecule has 15 rings (SSSR count). The molecule has 0 aliphatic heterocycles. The molecule has 1 aliphatic carbocycles. The SMILES string of the molecule is C=C(c1ccc(-c2ccccc2)cc1)c1ccc2c(c1)C(C)(C)c1cc3cc4c(cc3cc1-2)c1ccc(N(c2ccc(-c3ccccc3)cc2)c2ccc(-c3ccccc3)cc2)c2c3cc(-c5ccccc5)ccc3n4c12. The maximum absolute atomic E-state index is 4.64. The van der Waals surface area contributed by atoms with Crippen LogP contribution >= 0.6 is 0 Å². The Bertz CT molecular complexity index is 4510. The average Bonchev–Trinajstić information content (AvgIpc) is 4.12. The van der Waals surface area contributed by atoms with Crippen LogP contribution in [0, 0.1) is 0 Å². The summed E-state index contributed by atoms with van der Waals surface area (Å²) in [6, 6.07) is 98.4. The van der Waals surface area contributed by atoms with E-state index in [0.717, 1.165) is 33.8 Å². The van der Waals surface area contributed by atoms with Crippen LogP contribution in [0.1, 0.15) is 36.1 Å². The van der Waals surface area contributed by atoms with E-state index in [-0.39, 0.29) is 5.41 Å². The van der Waals surface area contributed by atoms with Gasteiger partial charge < -0.3 is 9.30 Å². The van der Waals surface area contributed by atoms with Crippen molar-refractivity contribution in [2.45, 2.75) is 19.3 Å². The highest BCUT2D eigenvalue weighted by molar-refractivity contribution is 6.29. The Labute approximate surface area is 449 Å². The summed E-state index contributed by atoms with van der Waals surface area (Å²) in [4.78, 5) is 2.47. The lowest BCUT2D eigenvalue weighted by molar-refractivity contribution is 0.661. The Morgan fingerprint density at radius 2 is 0.844 bits per heavy atom. The van der Waals surface area contributed by atoms with E-state index in [1.165, 1.54) is 116 Å². The van der Waals surface area contributed by atoms with Crippen molar-refractivity contribution in [3.63, 3.8) is 0 Å². The Kier molecular flexibility index (Phi) is 10.1. The van der Waals surface area contributed by atoms with Gasteiger partial charge in [-0.25, -0.2) is 0 Å². The summed E-state index contributed by atoms with van der Waals surface area (Å²) in [7, 11) is 0. The van der Waals surface area contributed by atoms with Crippen LogP contribution in [0.4, 0.5) is 17.1 Å². The highest BCUT2D eigenvalue weighted by Crippen LogP contribution is 2.53. The van der Waals surface area contributed by atoms with Gasteiger partial charge >= 0.3 is 0 Å². The Morgan fingerprint density at radius 3 is 1.42 bits per heavy atom. The lowest BCUT2D eigenvalue weighted by Gasteiger charge is -2.27. The molecule has 2 nitrogen and oxygen atoms in total. The summed E-state index contributed by atoms with van der Waals surface area (Å²) in [6.07, 6.45) is 0. The summed E-state index contributed by atoms with van der Waals surface area (Å²) < 4.78 is 2.56. The van der Waals surface area contributed by atoms with Gasteiger partial charge in [-0.1, -0.05) is 215 Å². The van der Waals surface area contributed by atoms with Crippen LogP contribution in [0.15, 0.2) is 273 Å². The average molecular weight is 981 g/mol. The van der Waals surface area contributed by atoms with Gasteiger partial charge in [-0.2, -0.15) is 0 Å². The van der Waals surface area contributed by atoms with Gasteiger partial charge in [-0.3, -0.25) is 0 Å². The van der Waals surface area contributed by atoms with Gasteiger partial charge in [0.25, 0.3) is 0 Å². The van der Waals surface area contributed by atoms with E-state index in [1.807, 2.05) is 0 Å². The predicted octanol–water partition coefficient (Wildman–Crippen LogP) is 20.5. The summed E-state index contributed by atoms with van der Waals surface area (Å²) in [5, 5.41) is 7.46. The Morgan fingerprint density at radius 1 is 0.364 bits per heavy atom. The molecule has 0 saturated carbocycles. The monoisotopic (exact) mass is 980 g/mol. The van der Waals surface area contributed by atoms with Crippen LogP contribution in [0.5, 0.6) is 0 Å². The zero-order valence-electron chi connectivity index (χ0n) is 43.0. The molecule has 1 aliphatic rings. The van der Waals surface area contributed by atoms with Crippen LogP contribution < -0.4 is 4.90 Å². The van der Waals surface area contributed by atoms with E-state index in [2.05, 4.69) is 297 Å². The van der Waals surface area contributed by atoms with Gasteiger partial charge in [-0.05, 0) is 167 Å². The molecule has 0 radical (unpaired) electrons. The molecule has 362 valence electrons. The quantitative estimate of drug-likeness (QED) is 0.140. The van der Waals surface area contributed by atoms with E-state index in [0.29, 0.717) is 0 Å². The second-order valence-corrected chi connectivity index (χ2v) is 21.4. The molecule has 0 bridgehead atoms. The van der Waals surface area contributed by atoms with E-state index in [9.17, 15) is 0 Å². The number of aromatic nitrogens is 1. The minimum atomic E-state index is -0.216. The molecular formula is C75H52N2. The topological polar surface area (TPSA) is 7.65 Å². The maximum Gasteiger partial charge on any atom is 0.0641 e. The van der Waals surface area contributed by atoms with Gasteiger partial charge in [0.15, 0.2) is 0 Å². The minimum absolute atomic E-state index is 0.216. The first kappa shape index (κ1) is 44.7. The van der Waals surface area contributed by atoms with Crippen molar-refractivity contribution < 1.29 is 0 Å². The van der Waals surface area contributed by atoms with Gasteiger partial charge in [0.2, 0.25) is 0 Å². The number of fused-ring (bicyclic) bond motifs is 10. The number of rotatable bonds is 9. The van der Waals surface area contributed by atoms with Crippen molar-refractivity contribution in [1.29, 1.82) is 0 Å². The molecule has 2 aromatic heterocycles. The fraction of sp³-hybridized carbons (Fsp3) is 0.0400. The maximum atomic E-state index is 4.64. The van der Waals surface area contributed by atoms with E-state index in [1.54, 1.807) is 0 Å². The molecule has 2 heteroatoms. The highest BCUT2D eigenvalue weighted by Gasteiger charge is 2.36. The van der Waals surface area contributed by atoms with Gasteiger partial charge in [0, 0.05) is 38.3 Å². The summed E-state index contributed by atoms with van der Waals surface area (Å²) in [5.74, 6) is 0. The fourth-order valence-electron chi connectivity index (χ4n) is 12.7. The van der Waals surface area contributed by atoms with E-state index in [4.69, 9.17) is 0 Å². The molecule has 2 heterocycles. The largest absolute Gasteiger partial charge is 0.310 e.